The van der Waals surface area contributed by atoms with Crippen LogP contribution in [0.5, 0.6) is 0 Å². The van der Waals surface area contributed by atoms with Gasteiger partial charge < -0.3 is 10.6 Å². The topological polar surface area (TPSA) is 46.3 Å². The van der Waals surface area contributed by atoms with E-state index in [1.807, 2.05) is 0 Å². The van der Waals surface area contributed by atoms with Crippen LogP contribution in [0.3, 0.4) is 0 Å². The van der Waals surface area contributed by atoms with Crippen molar-refractivity contribution in [2.45, 2.75) is 44.3 Å². The van der Waals surface area contributed by atoms with E-state index >= 15 is 0 Å². The zero-order valence-corrected chi connectivity index (χ0v) is 11.9. The molecule has 0 aliphatic heterocycles. The summed E-state index contributed by atoms with van der Waals surface area (Å²) in [6, 6.07) is 2.97. The minimum absolute atomic E-state index is 0.0714. The van der Waals surface area contributed by atoms with Crippen LogP contribution in [-0.2, 0) is 6.18 Å². The lowest BCUT2D eigenvalue weighted by molar-refractivity contribution is -0.137. The van der Waals surface area contributed by atoms with Crippen molar-refractivity contribution in [2.75, 3.05) is 12.8 Å². The number of halogens is 3. The molecule has 1 aromatic rings. The molecule has 2 N–H and O–H groups in total. The first-order valence-electron chi connectivity index (χ1n) is 7.04. The number of anilines is 1. The number of rotatable bonds is 2. The van der Waals surface area contributed by atoms with E-state index in [-0.39, 0.29) is 17.3 Å². The average molecular weight is 300 g/mol. The first-order chi connectivity index (χ1) is 9.80. The molecule has 1 fully saturated rings. The van der Waals surface area contributed by atoms with Crippen molar-refractivity contribution < 1.29 is 18.0 Å². The zero-order valence-electron chi connectivity index (χ0n) is 11.9. The molecule has 0 saturated heterocycles. The predicted octanol–water partition coefficient (Wildman–Crippen LogP) is 3.69. The monoisotopic (exact) mass is 300 g/mol. The quantitative estimate of drug-likeness (QED) is 0.847. The van der Waals surface area contributed by atoms with Crippen molar-refractivity contribution in [1.29, 1.82) is 0 Å². The molecule has 3 nitrogen and oxygen atoms in total. The maximum absolute atomic E-state index is 12.8. The molecule has 0 spiro atoms. The standard InChI is InChI=1S/C15H19F3N2O/c1-20(11-5-3-2-4-6-11)14(21)12-9-10(15(16,17)18)7-8-13(12)19/h7-9,11H,2-6,19H2,1H3. The SMILES string of the molecule is CN(C(=O)c1cc(C(F)(F)F)ccc1N)C1CCCCC1. The van der Waals surface area contributed by atoms with Gasteiger partial charge in [-0.2, -0.15) is 13.2 Å². The number of nitrogens with zero attached hydrogens (tertiary/aromatic N) is 1. The molecule has 2 rings (SSSR count). The van der Waals surface area contributed by atoms with Crippen LogP contribution >= 0.6 is 0 Å². The van der Waals surface area contributed by atoms with E-state index in [4.69, 9.17) is 5.73 Å². The predicted molar refractivity (Wildman–Crippen MR) is 74.8 cm³/mol. The number of carbonyl (C=O) groups is 1. The molecule has 0 heterocycles. The molecule has 1 aromatic carbocycles. The Labute approximate surface area is 121 Å². The van der Waals surface area contributed by atoms with Crippen LogP contribution < -0.4 is 5.73 Å². The van der Waals surface area contributed by atoms with Gasteiger partial charge in [0, 0.05) is 18.8 Å². The normalized spacial score (nSPS) is 16.8. The van der Waals surface area contributed by atoms with Gasteiger partial charge in [-0.1, -0.05) is 19.3 Å². The average Bonchev–Trinajstić information content (AvgIpc) is 2.46. The maximum Gasteiger partial charge on any atom is 0.416 e. The number of hydrogen-bond acceptors (Lipinski definition) is 2. The van der Waals surface area contributed by atoms with Crippen molar-refractivity contribution in [2.24, 2.45) is 0 Å². The molecule has 116 valence electrons. The van der Waals surface area contributed by atoms with E-state index in [0.29, 0.717) is 0 Å². The molecule has 0 unspecified atom stereocenters. The summed E-state index contributed by atoms with van der Waals surface area (Å²) < 4.78 is 38.3. The van der Waals surface area contributed by atoms with Gasteiger partial charge in [-0.15, -0.1) is 0 Å². The number of nitrogens with two attached hydrogens (primary N) is 1. The van der Waals surface area contributed by atoms with Crippen LogP contribution in [0.1, 0.15) is 48.0 Å². The van der Waals surface area contributed by atoms with Gasteiger partial charge in [-0.3, -0.25) is 4.79 Å². The van der Waals surface area contributed by atoms with Crippen LogP contribution in [-0.4, -0.2) is 23.9 Å². The van der Waals surface area contributed by atoms with Crippen LogP contribution in [0.2, 0.25) is 0 Å². The minimum atomic E-state index is -4.48. The molecular weight excluding hydrogens is 281 g/mol. The van der Waals surface area contributed by atoms with E-state index in [2.05, 4.69) is 0 Å². The van der Waals surface area contributed by atoms with Gasteiger partial charge in [-0.25, -0.2) is 0 Å². The Morgan fingerprint density at radius 3 is 2.43 bits per heavy atom. The highest BCUT2D eigenvalue weighted by molar-refractivity contribution is 5.99. The molecule has 0 atom stereocenters. The summed E-state index contributed by atoms with van der Waals surface area (Å²) in [5, 5.41) is 0. The molecule has 6 heteroatoms. The highest BCUT2D eigenvalue weighted by atomic mass is 19.4. The minimum Gasteiger partial charge on any atom is -0.398 e. The van der Waals surface area contributed by atoms with Gasteiger partial charge in [0.1, 0.15) is 0 Å². The fourth-order valence-electron chi connectivity index (χ4n) is 2.74. The summed E-state index contributed by atoms with van der Waals surface area (Å²) in [5.41, 5.74) is 4.84. The summed E-state index contributed by atoms with van der Waals surface area (Å²) in [5.74, 6) is -0.439. The number of alkyl halides is 3. The number of benzene rings is 1. The van der Waals surface area contributed by atoms with Crippen molar-refractivity contribution in [1.82, 2.24) is 4.90 Å². The Morgan fingerprint density at radius 1 is 1.24 bits per heavy atom. The molecule has 0 radical (unpaired) electrons. The third-order valence-corrected chi connectivity index (χ3v) is 4.05. The van der Waals surface area contributed by atoms with Crippen LogP contribution in [0.25, 0.3) is 0 Å². The third kappa shape index (κ3) is 3.49. The lowest BCUT2D eigenvalue weighted by atomic mass is 9.94. The molecule has 0 bridgehead atoms. The Morgan fingerprint density at radius 2 is 1.86 bits per heavy atom. The molecule has 1 amide bonds. The van der Waals surface area contributed by atoms with Crippen LogP contribution in [0.4, 0.5) is 18.9 Å². The molecule has 1 aliphatic carbocycles. The van der Waals surface area contributed by atoms with E-state index in [1.54, 1.807) is 7.05 Å². The molecule has 1 aliphatic rings. The Kier molecular flexibility index (Phi) is 4.44. The van der Waals surface area contributed by atoms with Crippen LogP contribution in [0.15, 0.2) is 18.2 Å². The second kappa shape index (κ2) is 5.95. The fraction of sp³-hybridized carbons (Fsp3) is 0.533. The van der Waals surface area contributed by atoms with Crippen molar-refractivity contribution in [3.8, 4) is 0 Å². The van der Waals surface area contributed by atoms with E-state index in [9.17, 15) is 18.0 Å². The molecular formula is C15H19F3N2O. The zero-order chi connectivity index (χ0) is 15.6. The lowest BCUT2D eigenvalue weighted by Crippen LogP contribution is -2.38. The van der Waals surface area contributed by atoms with E-state index < -0.39 is 17.6 Å². The fourth-order valence-corrected chi connectivity index (χ4v) is 2.74. The molecule has 1 saturated carbocycles. The first-order valence-corrected chi connectivity index (χ1v) is 7.04. The first kappa shape index (κ1) is 15.7. The number of carbonyl (C=O) groups excluding carboxylic acids is 1. The Bertz CT molecular complexity index is 522. The summed E-state index contributed by atoms with van der Waals surface area (Å²) in [6.45, 7) is 0. The van der Waals surface area contributed by atoms with Crippen molar-refractivity contribution in [3.05, 3.63) is 29.3 Å². The summed E-state index contributed by atoms with van der Waals surface area (Å²) in [6.07, 6.45) is 0.527. The Hall–Kier alpha value is -1.72. The smallest absolute Gasteiger partial charge is 0.398 e. The van der Waals surface area contributed by atoms with Crippen LogP contribution in [0, 0.1) is 0 Å². The Balaban J connectivity index is 2.25. The lowest BCUT2D eigenvalue weighted by Gasteiger charge is -2.31. The summed E-state index contributed by atoms with van der Waals surface area (Å²) in [4.78, 5) is 14.0. The van der Waals surface area contributed by atoms with Gasteiger partial charge in [0.15, 0.2) is 0 Å². The molecule has 0 aromatic heterocycles. The number of amides is 1. The second-order valence-electron chi connectivity index (χ2n) is 5.51. The van der Waals surface area contributed by atoms with E-state index in [0.717, 1.165) is 50.3 Å². The van der Waals surface area contributed by atoms with Gasteiger partial charge >= 0.3 is 6.18 Å². The van der Waals surface area contributed by atoms with E-state index in [1.165, 1.54) is 4.90 Å². The van der Waals surface area contributed by atoms with Gasteiger partial charge in [0.2, 0.25) is 0 Å². The summed E-state index contributed by atoms with van der Waals surface area (Å²) in [7, 11) is 1.64. The number of nitrogen functional groups attached to an aromatic ring is 1. The maximum atomic E-state index is 12.8. The highest BCUT2D eigenvalue weighted by Crippen LogP contribution is 2.32. The van der Waals surface area contributed by atoms with Gasteiger partial charge in [0.05, 0.1) is 11.1 Å². The third-order valence-electron chi connectivity index (χ3n) is 4.05. The largest absolute Gasteiger partial charge is 0.416 e. The number of hydrogen-bond donors (Lipinski definition) is 1. The highest BCUT2D eigenvalue weighted by Gasteiger charge is 2.32. The van der Waals surface area contributed by atoms with Crippen molar-refractivity contribution in [3.63, 3.8) is 0 Å². The summed E-state index contributed by atoms with van der Waals surface area (Å²) >= 11 is 0. The van der Waals surface area contributed by atoms with Crippen molar-refractivity contribution >= 4 is 11.6 Å². The van der Waals surface area contributed by atoms with Gasteiger partial charge in [-0.05, 0) is 31.0 Å². The second-order valence-corrected chi connectivity index (χ2v) is 5.51. The van der Waals surface area contributed by atoms with Gasteiger partial charge in [0.25, 0.3) is 5.91 Å². The molecule has 21 heavy (non-hydrogen) atoms.